The van der Waals surface area contributed by atoms with Gasteiger partial charge >= 0.3 is 0 Å². The number of guanidine groups is 1. The van der Waals surface area contributed by atoms with Crippen LogP contribution in [0.2, 0.25) is 0 Å². The van der Waals surface area contributed by atoms with Crippen LogP contribution in [0.15, 0.2) is 21.8 Å². The fourth-order valence-corrected chi connectivity index (χ4v) is 3.25. The van der Waals surface area contributed by atoms with Crippen LogP contribution in [0.5, 0.6) is 0 Å². The van der Waals surface area contributed by atoms with E-state index in [4.69, 9.17) is 14.5 Å². The number of aliphatic imine (C=N–C) groups is 1. The first-order chi connectivity index (χ1) is 10.7. The molecule has 0 radical (unpaired) electrons. The molecule has 5 nitrogen and oxygen atoms in total. The summed E-state index contributed by atoms with van der Waals surface area (Å²) >= 11 is 1.72. The van der Waals surface area contributed by atoms with E-state index in [0.29, 0.717) is 6.54 Å². The van der Waals surface area contributed by atoms with Crippen LogP contribution in [-0.2, 0) is 16.0 Å². The lowest BCUT2D eigenvalue weighted by Gasteiger charge is -2.35. The van der Waals surface area contributed by atoms with Crippen LogP contribution in [0.25, 0.3) is 0 Å². The van der Waals surface area contributed by atoms with E-state index < -0.39 is 0 Å². The molecule has 0 unspecified atom stereocenters. The molecule has 1 aromatic rings. The highest BCUT2D eigenvalue weighted by atomic mass is 32.1. The second-order valence-electron chi connectivity index (χ2n) is 5.66. The molecule has 1 aliphatic heterocycles. The van der Waals surface area contributed by atoms with Gasteiger partial charge in [-0.05, 0) is 29.3 Å². The van der Waals surface area contributed by atoms with E-state index in [9.17, 15) is 0 Å². The van der Waals surface area contributed by atoms with E-state index in [2.05, 4.69) is 41.0 Å². The molecule has 6 heteroatoms. The summed E-state index contributed by atoms with van der Waals surface area (Å²) in [5.74, 6) is 0.927. The highest BCUT2D eigenvalue weighted by Crippen LogP contribution is 2.24. The molecule has 0 atom stereocenters. The molecule has 0 bridgehead atoms. The van der Waals surface area contributed by atoms with Crippen LogP contribution >= 0.6 is 11.3 Å². The van der Waals surface area contributed by atoms with Crippen molar-refractivity contribution in [2.24, 2.45) is 4.99 Å². The van der Waals surface area contributed by atoms with Gasteiger partial charge in [-0.1, -0.05) is 0 Å². The number of ether oxygens (including phenoxy) is 2. The van der Waals surface area contributed by atoms with Crippen LogP contribution in [0, 0.1) is 0 Å². The molecule has 1 N–H and O–H groups in total. The minimum atomic E-state index is -0.178. The third-order valence-corrected chi connectivity index (χ3v) is 4.78. The predicted molar refractivity (Wildman–Crippen MR) is 91.6 cm³/mol. The Balaban J connectivity index is 2.01. The summed E-state index contributed by atoms with van der Waals surface area (Å²) in [7, 11) is 3.85. The topological polar surface area (TPSA) is 46.1 Å². The van der Waals surface area contributed by atoms with E-state index in [1.165, 1.54) is 5.56 Å². The monoisotopic (exact) mass is 325 g/mol. The summed E-state index contributed by atoms with van der Waals surface area (Å²) in [6.45, 7) is 5.99. The van der Waals surface area contributed by atoms with Crippen molar-refractivity contribution in [3.8, 4) is 0 Å². The highest BCUT2D eigenvalue weighted by molar-refractivity contribution is 7.07. The van der Waals surface area contributed by atoms with E-state index in [1.54, 1.807) is 18.4 Å². The van der Waals surface area contributed by atoms with Crippen LogP contribution < -0.4 is 5.32 Å². The molecule has 124 valence electrons. The summed E-state index contributed by atoms with van der Waals surface area (Å²) in [5.41, 5.74) is 1.13. The van der Waals surface area contributed by atoms with Gasteiger partial charge in [-0.3, -0.25) is 4.99 Å². The average molecular weight is 325 g/mol. The molecule has 0 amide bonds. The third kappa shape index (κ3) is 4.69. The number of nitrogens with one attached hydrogen (secondary N) is 1. The lowest BCUT2D eigenvalue weighted by atomic mass is 9.94. The van der Waals surface area contributed by atoms with Crippen LogP contribution in [-0.4, -0.2) is 56.9 Å². The molecule has 1 fully saturated rings. The Hall–Kier alpha value is -1.11. The van der Waals surface area contributed by atoms with Crippen molar-refractivity contribution < 1.29 is 9.47 Å². The summed E-state index contributed by atoms with van der Waals surface area (Å²) in [6.07, 6.45) is 1.81. The van der Waals surface area contributed by atoms with Crippen molar-refractivity contribution >= 4 is 17.3 Å². The molecule has 1 aromatic heterocycles. The predicted octanol–water partition coefficient (Wildman–Crippen LogP) is 2.34. The van der Waals surface area contributed by atoms with Gasteiger partial charge in [-0.15, -0.1) is 0 Å². The quantitative estimate of drug-likeness (QED) is 0.644. The van der Waals surface area contributed by atoms with Crippen molar-refractivity contribution in [2.75, 3.05) is 40.5 Å². The number of nitrogens with zero attached hydrogens (tertiary/aromatic N) is 2. The van der Waals surface area contributed by atoms with Crippen molar-refractivity contribution in [3.63, 3.8) is 0 Å². The Morgan fingerprint density at radius 3 is 2.86 bits per heavy atom. The molecule has 1 saturated heterocycles. The molecule has 2 heterocycles. The third-order valence-electron chi connectivity index (χ3n) is 4.05. The number of hydrogen-bond acceptors (Lipinski definition) is 4. The van der Waals surface area contributed by atoms with Crippen LogP contribution in [0.3, 0.4) is 0 Å². The van der Waals surface area contributed by atoms with Gasteiger partial charge in [0.1, 0.15) is 0 Å². The standard InChI is InChI=1S/C16H27N3O2S/c1-4-17-15(19(2)11-14-5-10-22-12-14)18-13-16(20-3)6-8-21-9-7-16/h5,10,12H,4,6-9,11,13H2,1-3H3,(H,17,18). The molecule has 0 aliphatic carbocycles. The van der Waals surface area contributed by atoms with Crippen molar-refractivity contribution in [2.45, 2.75) is 31.9 Å². The van der Waals surface area contributed by atoms with Crippen LogP contribution in [0.1, 0.15) is 25.3 Å². The van der Waals surface area contributed by atoms with Gasteiger partial charge in [-0.2, -0.15) is 11.3 Å². The first kappa shape index (κ1) is 17.2. The molecular weight excluding hydrogens is 298 g/mol. The van der Waals surface area contributed by atoms with Gasteiger partial charge in [0.05, 0.1) is 12.1 Å². The Kier molecular flexibility index (Phi) is 6.67. The largest absolute Gasteiger partial charge is 0.381 e. The number of thiophene rings is 1. The van der Waals surface area contributed by atoms with Gasteiger partial charge in [0.2, 0.25) is 0 Å². The Labute approximate surface area is 137 Å². The highest BCUT2D eigenvalue weighted by Gasteiger charge is 2.32. The first-order valence-corrected chi connectivity index (χ1v) is 8.77. The maximum atomic E-state index is 5.76. The van der Waals surface area contributed by atoms with Gasteiger partial charge in [0.25, 0.3) is 0 Å². The van der Waals surface area contributed by atoms with E-state index in [0.717, 1.165) is 45.1 Å². The Morgan fingerprint density at radius 2 is 2.27 bits per heavy atom. The zero-order valence-corrected chi connectivity index (χ0v) is 14.6. The summed E-state index contributed by atoms with van der Waals surface area (Å²) in [5, 5.41) is 7.65. The molecular formula is C16H27N3O2S. The second kappa shape index (κ2) is 8.50. The van der Waals surface area contributed by atoms with Crippen molar-refractivity contribution in [1.29, 1.82) is 0 Å². The Bertz CT molecular complexity index is 456. The fraction of sp³-hybridized carbons (Fsp3) is 0.688. The van der Waals surface area contributed by atoms with Gasteiger partial charge in [0.15, 0.2) is 5.96 Å². The molecule has 0 spiro atoms. The summed E-state index contributed by atoms with van der Waals surface area (Å²) < 4.78 is 11.2. The van der Waals surface area contributed by atoms with E-state index in [-0.39, 0.29) is 5.60 Å². The van der Waals surface area contributed by atoms with E-state index in [1.807, 2.05) is 0 Å². The van der Waals surface area contributed by atoms with Gasteiger partial charge in [-0.25, -0.2) is 0 Å². The normalized spacial score (nSPS) is 18.2. The number of methoxy groups -OCH3 is 1. The molecule has 0 aromatic carbocycles. The summed E-state index contributed by atoms with van der Waals surface area (Å²) in [6, 6.07) is 2.15. The lowest BCUT2D eigenvalue weighted by molar-refractivity contribution is -0.0829. The Morgan fingerprint density at radius 1 is 1.50 bits per heavy atom. The molecule has 0 saturated carbocycles. The maximum absolute atomic E-state index is 5.76. The minimum Gasteiger partial charge on any atom is -0.381 e. The van der Waals surface area contributed by atoms with Gasteiger partial charge < -0.3 is 19.7 Å². The van der Waals surface area contributed by atoms with Crippen molar-refractivity contribution in [1.82, 2.24) is 10.2 Å². The van der Waals surface area contributed by atoms with Gasteiger partial charge in [0, 0.05) is 53.3 Å². The average Bonchev–Trinajstić information content (AvgIpc) is 3.05. The fourth-order valence-electron chi connectivity index (χ4n) is 2.59. The van der Waals surface area contributed by atoms with Crippen molar-refractivity contribution in [3.05, 3.63) is 22.4 Å². The smallest absolute Gasteiger partial charge is 0.194 e. The lowest BCUT2D eigenvalue weighted by Crippen LogP contribution is -2.44. The van der Waals surface area contributed by atoms with E-state index >= 15 is 0 Å². The molecule has 2 rings (SSSR count). The number of hydrogen-bond donors (Lipinski definition) is 1. The zero-order chi connectivity index (χ0) is 15.8. The van der Waals surface area contributed by atoms with Crippen LogP contribution in [0.4, 0.5) is 0 Å². The minimum absolute atomic E-state index is 0.178. The maximum Gasteiger partial charge on any atom is 0.194 e. The zero-order valence-electron chi connectivity index (χ0n) is 13.8. The first-order valence-electron chi connectivity index (χ1n) is 7.82. The SMILES string of the molecule is CCNC(=NCC1(OC)CCOCC1)N(C)Cc1ccsc1. The number of rotatable bonds is 6. The molecule has 1 aliphatic rings. The second-order valence-corrected chi connectivity index (χ2v) is 6.44. The summed E-state index contributed by atoms with van der Waals surface area (Å²) in [4.78, 5) is 6.98. The molecule has 22 heavy (non-hydrogen) atoms.